The number of hydrogen-bond acceptors (Lipinski definition) is 4. The van der Waals surface area contributed by atoms with Crippen LogP contribution in [0.1, 0.15) is 15.9 Å². The molecule has 0 atom stereocenters. The lowest BCUT2D eigenvalue weighted by Crippen LogP contribution is -2.26. The number of anilines is 1. The fraction of sp³-hybridized carbons (Fsp3) is 0.333. The zero-order chi connectivity index (χ0) is 16.5. The van der Waals surface area contributed by atoms with Crippen LogP contribution in [0, 0.1) is 0 Å². The highest BCUT2D eigenvalue weighted by Crippen LogP contribution is 2.05. The molecule has 5 nitrogen and oxygen atoms in total. The summed E-state index contributed by atoms with van der Waals surface area (Å²) >= 11 is 0. The van der Waals surface area contributed by atoms with Crippen molar-refractivity contribution in [3.8, 4) is 0 Å². The number of amides is 1. The van der Waals surface area contributed by atoms with Crippen LogP contribution >= 0.6 is 0 Å². The molecule has 0 saturated carbocycles. The zero-order valence-electron chi connectivity index (χ0n) is 13.7. The quantitative estimate of drug-likeness (QED) is 0.783. The molecule has 23 heavy (non-hydrogen) atoms. The molecule has 122 valence electrons. The number of aromatic nitrogens is 1. The summed E-state index contributed by atoms with van der Waals surface area (Å²) in [5.41, 5.74) is 1.79. The number of likely N-dealkylation sites (N-methyl/N-ethyl adjacent to an activating group) is 1. The average Bonchev–Trinajstić information content (AvgIpc) is 2.56. The molecule has 0 fully saturated rings. The van der Waals surface area contributed by atoms with E-state index >= 15 is 0 Å². The van der Waals surface area contributed by atoms with Crippen LogP contribution in [0.5, 0.6) is 0 Å². The summed E-state index contributed by atoms with van der Waals surface area (Å²) < 4.78 is 0. The molecule has 1 heterocycles. The van der Waals surface area contributed by atoms with Crippen molar-refractivity contribution in [3.63, 3.8) is 0 Å². The van der Waals surface area contributed by atoms with Gasteiger partial charge >= 0.3 is 0 Å². The second kappa shape index (κ2) is 8.90. The average molecular weight is 312 g/mol. The van der Waals surface area contributed by atoms with Crippen LogP contribution in [-0.4, -0.2) is 49.5 Å². The molecule has 0 spiro atoms. The van der Waals surface area contributed by atoms with E-state index < -0.39 is 0 Å². The highest BCUT2D eigenvalue weighted by molar-refractivity contribution is 5.94. The van der Waals surface area contributed by atoms with E-state index in [0.29, 0.717) is 12.1 Å². The van der Waals surface area contributed by atoms with E-state index in [1.807, 2.05) is 38.4 Å². The molecule has 0 unspecified atom stereocenters. The van der Waals surface area contributed by atoms with Crippen molar-refractivity contribution in [1.82, 2.24) is 15.2 Å². The Hall–Kier alpha value is -2.40. The molecule has 5 heteroatoms. The molecule has 2 aromatic rings. The van der Waals surface area contributed by atoms with Gasteiger partial charge in [-0.2, -0.15) is 0 Å². The van der Waals surface area contributed by atoms with E-state index in [9.17, 15) is 4.79 Å². The third kappa shape index (κ3) is 6.08. The smallest absolute Gasteiger partial charge is 0.252 e. The third-order valence-electron chi connectivity index (χ3n) is 3.43. The molecule has 1 amide bonds. The van der Waals surface area contributed by atoms with E-state index in [-0.39, 0.29) is 5.91 Å². The summed E-state index contributed by atoms with van der Waals surface area (Å²) in [5.74, 6) is 0.695. The topological polar surface area (TPSA) is 57.3 Å². The lowest BCUT2D eigenvalue weighted by atomic mass is 10.1. The SMILES string of the molecule is CN(C)CCNc1ccc(C(=O)NCCc2ccccc2)cn1. The predicted octanol–water partition coefficient (Wildman–Crippen LogP) is 2.03. The standard InChI is InChI=1S/C18H24N4O/c1-22(2)13-12-19-17-9-8-16(14-21-17)18(23)20-11-10-15-6-4-3-5-7-15/h3-9,14H,10-13H2,1-2H3,(H,19,21)(H,20,23). The third-order valence-corrected chi connectivity index (χ3v) is 3.43. The van der Waals surface area contributed by atoms with Gasteiger partial charge in [-0.05, 0) is 38.2 Å². The minimum atomic E-state index is -0.0896. The molecule has 2 rings (SSSR count). The van der Waals surface area contributed by atoms with Crippen LogP contribution in [0.4, 0.5) is 5.82 Å². The van der Waals surface area contributed by atoms with Gasteiger partial charge < -0.3 is 15.5 Å². The number of nitrogens with one attached hydrogen (secondary N) is 2. The van der Waals surface area contributed by atoms with E-state index in [0.717, 1.165) is 25.3 Å². The van der Waals surface area contributed by atoms with Crippen LogP contribution in [0.3, 0.4) is 0 Å². The van der Waals surface area contributed by atoms with Crippen molar-refractivity contribution in [1.29, 1.82) is 0 Å². The van der Waals surface area contributed by atoms with Crippen molar-refractivity contribution < 1.29 is 4.79 Å². The Labute approximate surface area is 137 Å². The molecule has 0 bridgehead atoms. The molecular formula is C18H24N4O. The molecule has 1 aromatic carbocycles. The van der Waals surface area contributed by atoms with E-state index in [4.69, 9.17) is 0 Å². The molecule has 0 saturated heterocycles. The maximum absolute atomic E-state index is 12.1. The number of carbonyl (C=O) groups is 1. The van der Waals surface area contributed by atoms with Crippen LogP contribution in [0.25, 0.3) is 0 Å². The number of rotatable bonds is 8. The van der Waals surface area contributed by atoms with Gasteiger partial charge in [-0.25, -0.2) is 4.98 Å². The highest BCUT2D eigenvalue weighted by Gasteiger charge is 2.05. The van der Waals surface area contributed by atoms with Crippen molar-refractivity contribution in [2.75, 3.05) is 39.0 Å². The molecule has 1 aromatic heterocycles. The van der Waals surface area contributed by atoms with Gasteiger partial charge in [0, 0.05) is 25.8 Å². The Morgan fingerprint density at radius 1 is 1.09 bits per heavy atom. The molecule has 0 aliphatic carbocycles. The second-order valence-corrected chi connectivity index (χ2v) is 5.65. The first-order chi connectivity index (χ1) is 11.1. The molecule has 0 aliphatic heterocycles. The van der Waals surface area contributed by atoms with Gasteiger partial charge in [-0.3, -0.25) is 4.79 Å². The van der Waals surface area contributed by atoms with Gasteiger partial charge in [-0.15, -0.1) is 0 Å². The Morgan fingerprint density at radius 3 is 2.52 bits per heavy atom. The summed E-state index contributed by atoms with van der Waals surface area (Å²) in [4.78, 5) is 18.4. The van der Waals surface area contributed by atoms with Gasteiger partial charge in [0.2, 0.25) is 0 Å². The number of nitrogens with zero attached hydrogens (tertiary/aromatic N) is 2. The van der Waals surface area contributed by atoms with Crippen molar-refractivity contribution >= 4 is 11.7 Å². The van der Waals surface area contributed by atoms with Gasteiger partial charge in [-0.1, -0.05) is 30.3 Å². The zero-order valence-corrected chi connectivity index (χ0v) is 13.7. The first-order valence-electron chi connectivity index (χ1n) is 7.82. The summed E-state index contributed by atoms with van der Waals surface area (Å²) in [6, 6.07) is 13.7. The Morgan fingerprint density at radius 2 is 1.87 bits per heavy atom. The van der Waals surface area contributed by atoms with Gasteiger partial charge in [0.15, 0.2) is 0 Å². The maximum Gasteiger partial charge on any atom is 0.252 e. The van der Waals surface area contributed by atoms with Gasteiger partial charge in [0.25, 0.3) is 5.91 Å². The summed E-state index contributed by atoms with van der Waals surface area (Å²) in [5, 5.41) is 6.14. The summed E-state index contributed by atoms with van der Waals surface area (Å²) in [7, 11) is 4.05. The molecule has 0 aliphatic rings. The molecule has 2 N–H and O–H groups in total. The van der Waals surface area contributed by atoms with Crippen LogP contribution in [-0.2, 0) is 6.42 Å². The number of hydrogen-bond donors (Lipinski definition) is 2. The minimum Gasteiger partial charge on any atom is -0.369 e. The van der Waals surface area contributed by atoms with Crippen molar-refractivity contribution in [3.05, 3.63) is 59.8 Å². The summed E-state index contributed by atoms with van der Waals surface area (Å²) in [6.07, 6.45) is 2.43. The fourth-order valence-electron chi connectivity index (χ4n) is 2.11. The normalized spacial score (nSPS) is 10.6. The highest BCUT2D eigenvalue weighted by atomic mass is 16.1. The maximum atomic E-state index is 12.1. The van der Waals surface area contributed by atoms with Crippen LogP contribution in [0.2, 0.25) is 0 Å². The van der Waals surface area contributed by atoms with Gasteiger partial charge in [0.1, 0.15) is 5.82 Å². The Bertz CT molecular complexity index is 596. The Kier molecular flexibility index (Phi) is 6.56. The molecular weight excluding hydrogens is 288 g/mol. The fourth-order valence-corrected chi connectivity index (χ4v) is 2.11. The van der Waals surface area contributed by atoms with Crippen molar-refractivity contribution in [2.45, 2.75) is 6.42 Å². The first-order valence-corrected chi connectivity index (χ1v) is 7.82. The lowest BCUT2D eigenvalue weighted by Gasteiger charge is -2.11. The van der Waals surface area contributed by atoms with E-state index in [2.05, 4.69) is 32.7 Å². The first kappa shape index (κ1) is 17.0. The van der Waals surface area contributed by atoms with Crippen LogP contribution < -0.4 is 10.6 Å². The largest absolute Gasteiger partial charge is 0.369 e. The summed E-state index contributed by atoms with van der Waals surface area (Å²) in [6.45, 7) is 2.37. The second-order valence-electron chi connectivity index (χ2n) is 5.65. The lowest BCUT2D eigenvalue weighted by molar-refractivity contribution is 0.0954. The van der Waals surface area contributed by atoms with Crippen LogP contribution in [0.15, 0.2) is 48.7 Å². The monoisotopic (exact) mass is 312 g/mol. The number of pyridine rings is 1. The minimum absolute atomic E-state index is 0.0896. The molecule has 0 radical (unpaired) electrons. The van der Waals surface area contributed by atoms with E-state index in [1.165, 1.54) is 5.56 Å². The predicted molar refractivity (Wildman–Crippen MR) is 93.8 cm³/mol. The number of carbonyl (C=O) groups excluding carboxylic acids is 1. The van der Waals surface area contributed by atoms with Crippen molar-refractivity contribution in [2.24, 2.45) is 0 Å². The Balaban J connectivity index is 1.76. The van der Waals surface area contributed by atoms with E-state index in [1.54, 1.807) is 12.3 Å². The van der Waals surface area contributed by atoms with Gasteiger partial charge in [0.05, 0.1) is 5.56 Å². The number of benzene rings is 1.